The van der Waals surface area contributed by atoms with Gasteiger partial charge in [-0.15, -0.1) is 0 Å². The van der Waals surface area contributed by atoms with Crippen molar-refractivity contribution < 1.29 is 4.74 Å². The SMILES string of the molecule is COc1ccc(C#N)c(NCC2CCCN2C)c1. The maximum atomic E-state index is 9.08. The van der Waals surface area contributed by atoms with Crippen LogP contribution in [0.5, 0.6) is 5.75 Å². The minimum atomic E-state index is 0.558. The van der Waals surface area contributed by atoms with E-state index >= 15 is 0 Å². The van der Waals surface area contributed by atoms with Crippen LogP contribution in [0, 0.1) is 11.3 Å². The van der Waals surface area contributed by atoms with Crippen molar-refractivity contribution in [2.75, 3.05) is 32.6 Å². The molecule has 0 bridgehead atoms. The zero-order valence-electron chi connectivity index (χ0n) is 10.9. The lowest BCUT2D eigenvalue weighted by Crippen LogP contribution is -2.31. The van der Waals surface area contributed by atoms with Crippen molar-refractivity contribution in [2.45, 2.75) is 18.9 Å². The normalized spacial score (nSPS) is 19.5. The van der Waals surface area contributed by atoms with Crippen molar-refractivity contribution in [3.63, 3.8) is 0 Å². The Labute approximate surface area is 108 Å². The number of hydrogen-bond donors (Lipinski definition) is 1. The zero-order valence-corrected chi connectivity index (χ0v) is 10.9. The van der Waals surface area contributed by atoms with E-state index in [1.165, 1.54) is 12.8 Å². The van der Waals surface area contributed by atoms with E-state index in [0.717, 1.165) is 24.5 Å². The lowest BCUT2D eigenvalue weighted by atomic mass is 10.1. The standard InChI is InChI=1S/C14H19N3O/c1-17-7-3-4-12(17)10-16-14-8-13(18-2)6-5-11(14)9-15/h5-6,8,12,16H,3-4,7,10H2,1-2H3. The summed E-state index contributed by atoms with van der Waals surface area (Å²) in [5.41, 5.74) is 1.52. The smallest absolute Gasteiger partial charge is 0.121 e. The number of benzene rings is 1. The fourth-order valence-corrected chi connectivity index (χ4v) is 2.36. The Kier molecular flexibility index (Phi) is 4.06. The predicted molar refractivity (Wildman–Crippen MR) is 71.9 cm³/mol. The molecular weight excluding hydrogens is 226 g/mol. The van der Waals surface area contributed by atoms with Crippen LogP contribution < -0.4 is 10.1 Å². The van der Waals surface area contributed by atoms with Gasteiger partial charge in [-0.25, -0.2) is 0 Å². The van der Waals surface area contributed by atoms with E-state index in [-0.39, 0.29) is 0 Å². The third-order valence-electron chi connectivity index (χ3n) is 3.55. The first-order valence-electron chi connectivity index (χ1n) is 6.27. The van der Waals surface area contributed by atoms with Crippen molar-refractivity contribution in [1.82, 2.24) is 4.90 Å². The summed E-state index contributed by atoms with van der Waals surface area (Å²) < 4.78 is 5.19. The van der Waals surface area contributed by atoms with Crippen molar-refractivity contribution in [3.8, 4) is 11.8 Å². The molecule has 1 aromatic carbocycles. The summed E-state index contributed by atoms with van der Waals surface area (Å²) in [6.45, 7) is 2.04. The largest absolute Gasteiger partial charge is 0.497 e. The van der Waals surface area contributed by atoms with Crippen LogP contribution in [0.3, 0.4) is 0 Å². The van der Waals surface area contributed by atoms with Gasteiger partial charge in [0.05, 0.1) is 18.4 Å². The highest BCUT2D eigenvalue weighted by Gasteiger charge is 2.20. The quantitative estimate of drug-likeness (QED) is 0.882. The van der Waals surface area contributed by atoms with Gasteiger partial charge in [0.1, 0.15) is 11.8 Å². The molecule has 96 valence electrons. The van der Waals surface area contributed by atoms with Gasteiger partial charge in [0.15, 0.2) is 0 Å². The molecule has 1 aromatic rings. The molecule has 0 saturated carbocycles. The minimum absolute atomic E-state index is 0.558. The summed E-state index contributed by atoms with van der Waals surface area (Å²) >= 11 is 0. The van der Waals surface area contributed by atoms with Gasteiger partial charge in [0.2, 0.25) is 0 Å². The second kappa shape index (κ2) is 5.74. The molecule has 1 saturated heterocycles. The number of methoxy groups -OCH3 is 1. The van der Waals surface area contributed by atoms with Crippen LogP contribution in [0.4, 0.5) is 5.69 Å². The summed E-state index contributed by atoms with van der Waals surface area (Å²) in [6.07, 6.45) is 2.47. The molecule has 1 aliphatic rings. The summed E-state index contributed by atoms with van der Waals surface area (Å²) in [6, 6.07) is 8.24. The molecule has 1 atom stereocenters. The molecule has 1 N–H and O–H groups in total. The molecule has 0 aromatic heterocycles. The summed E-state index contributed by atoms with van der Waals surface area (Å²) in [7, 11) is 3.78. The average Bonchev–Trinajstić information content (AvgIpc) is 2.81. The van der Waals surface area contributed by atoms with Crippen molar-refractivity contribution >= 4 is 5.69 Å². The molecule has 1 unspecified atom stereocenters. The Morgan fingerprint density at radius 3 is 3.00 bits per heavy atom. The van der Waals surface area contributed by atoms with Crippen LogP contribution in [-0.2, 0) is 0 Å². The second-order valence-corrected chi connectivity index (χ2v) is 4.68. The molecule has 0 aliphatic carbocycles. The van der Waals surface area contributed by atoms with E-state index in [2.05, 4.69) is 23.3 Å². The summed E-state index contributed by atoms with van der Waals surface area (Å²) in [5.74, 6) is 0.774. The molecule has 0 spiro atoms. The van der Waals surface area contributed by atoms with Crippen LogP contribution >= 0.6 is 0 Å². The number of ether oxygens (including phenoxy) is 1. The maximum Gasteiger partial charge on any atom is 0.121 e. The number of nitriles is 1. The Hall–Kier alpha value is -1.73. The van der Waals surface area contributed by atoms with Crippen LogP contribution in [0.15, 0.2) is 18.2 Å². The molecule has 4 heteroatoms. The molecule has 18 heavy (non-hydrogen) atoms. The van der Waals surface area contributed by atoms with Crippen molar-refractivity contribution in [1.29, 1.82) is 5.26 Å². The molecule has 1 heterocycles. The van der Waals surface area contributed by atoms with E-state index in [9.17, 15) is 0 Å². The molecular formula is C14H19N3O. The Morgan fingerprint density at radius 1 is 1.56 bits per heavy atom. The fraction of sp³-hybridized carbons (Fsp3) is 0.500. The predicted octanol–water partition coefficient (Wildman–Crippen LogP) is 2.07. The van der Waals surface area contributed by atoms with Gasteiger partial charge in [-0.1, -0.05) is 0 Å². The topological polar surface area (TPSA) is 48.3 Å². The number of likely N-dealkylation sites (tertiary alicyclic amines) is 1. The van der Waals surface area contributed by atoms with Crippen molar-refractivity contribution in [2.24, 2.45) is 0 Å². The first-order valence-corrected chi connectivity index (χ1v) is 6.27. The second-order valence-electron chi connectivity index (χ2n) is 4.68. The Morgan fingerprint density at radius 2 is 2.39 bits per heavy atom. The highest BCUT2D eigenvalue weighted by molar-refractivity contribution is 5.60. The zero-order chi connectivity index (χ0) is 13.0. The molecule has 0 amide bonds. The lowest BCUT2D eigenvalue weighted by molar-refractivity contribution is 0.322. The van der Waals surface area contributed by atoms with E-state index in [0.29, 0.717) is 11.6 Å². The van der Waals surface area contributed by atoms with Gasteiger partial charge in [0.25, 0.3) is 0 Å². The van der Waals surface area contributed by atoms with Crippen molar-refractivity contribution in [3.05, 3.63) is 23.8 Å². The van der Waals surface area contributed by atoms with E-state index < -0.39 is 0 Å². The molecule has 1 aliphatic heterocycles. The van der Waals surface area contributed by atoms with E-state index in [1.807, 2.05) is 12.1 Å². The number of rotatable bonds is 4. The first kappa shape index (κ1) is 12.7. The lowest BCUT2D eigenvalue weighted by Gasteiger charge is -2.20. The number of nitrogens with one attached hydrogen (secondary N) is 1. The maximum absolute atomic E-state index is 9.08. The molecule has 0 radical (unpaired) electrons. The van der Waals surface area contributed by atoms with Gasteiger partial charge in [-0.3, -0.25) is 0 Å². The van der Waals surface area contributed by atoms with E-state index in [4.69, 9.17) is 10.00 Å². The van der Waals surface area contributed by atoms with Crippen LogP contribution in [0.25, 0.3) is 0 Å². The number of anilines is 1. The average molecular weight is 245 g/mol. The van der Waals surface area contributed by atoms with Gasteiger partial charge in [0, 0.05) is 18.7 Å². The number of hydrogen-bond acceptors (Lipinski definition) is 4. The highest BCUT2D eigenvalue weighted by Crippen LogP contribution is 2.23. The van der Waals surface area contributed by atoms with Gasteiger partial charge >= 0.3 is 0 Å². The summed E-state index contributed by atoms with van der Waals surface area (Å²) in [4.78, 5) is 2.36. The van der Waals surface area contributed by atoms with Gasteiger partial charge in [-0.2, -0.15) is 5.26 Å². The van der Waals surface area contributed by atoms with Crippen LogP contribution in [-0.4, -0.2) is 38.2 Å². The highest BCUT2D eigenvalue weighted by atomic mass is 16.5. The minimum Gasteiger partial charge on any atom is -0.497 e. The third-order valence-corrected chi connectivity index (χ3v) is 3.55. The Bertz CT molecular complexity index is 453. The third kappa shape index (κ3) is 2.74. The first-order chi connectivity index (χ1) is 8.74. The molecule has 1 fully saturated rings. The van der Waals surface area contributed by atoms with Gasteiger partial charge in [-0.05, 0) is 38.6 Å². The Balaban J connectivity index is 2.05. The van der Waals surface area contributed by atoms with Crippen LogP contribution in [0.1, 0.15) is 18.4 Å². The summed E-state index contributed by atoms with van der Waals surface area (Å²) in [5, 5.41) is 12.5. The van der Waals surface area contributed by atoms with Crippen LogP contribution in [0.2, 0.25) is 0 Å². The van der Waals surface area contributed by atoms with Gasteiger partial charge < -0.3 is 15.0 Å². The number of nitrogens with zero attached hydrogens (tertiary/aromatic N) is 2. The monoisotopic (exact) mass is 245 g/mol. The van der Waals surface area contributed by atoms with E-state index in [1.54, 1.807) is 13.2 Å². The fourth-order valence-electron chi connectivity index (χ4n) is 2.36. The molecule has 2 rings (SSSR count). The molecule has 4 nitrogen and oxygen atoms in total. The number of likely N-dealkylation sites (N-methyl/N-ethyl adjacent to an activating group) is 1.